The van der Waals surface area contributed by atoms with E-state index in [0.29, 0.717) is 38.7 Å². The molecule has 0 spiro atoms. The molecular weight excluding hydrogens is 559 g/mol. The van der Waals surface area contributed by atoms with Gasteiger partial charge in [0.25, 0.3) is 5.91 Å². The molecule has 0 unspecified atom stereocenters. The Kier molecular flexibility index (Phi) is 8.96. The first-order valence-electron chi connectivity index (χ1n) is 10.7. The minimum absolute atomic E-state index is 0.241. The number of anilines is 3. The van der Waals surface area contributed by atoms with Crippen LogP contribution in [-0.2, 0) is 6.54 Å². The third-order valence-corrected chi connectivity index (χ3v) is 5.10. The summed E-state index contributed by atoms with van der Waals surface area (Å²) in [6.07, 6.45) is 0. The Morgan fingerprint density at radius 2 is 1.63 bits per heavy atom. The molecule has 0 aromatic heterocycles. The van der Waals surface area contributed by atoms with E-state index in [4.69, 9.17) is 9.47 Å². The van der Waals surface area contributed by atoms with Crippen LogP contribution in [-0.4, -0.2) is 33.1 Å². The van der Waals surface area contributed by atoms with Gasteiger partial charge in [-0.05, 0) is 52.9 Å². The number of hydrogen-bond donors (Lipinski definition) is 3. The van der Waals surface area contributed by atoms with E-state index in [9.17, 15) is 9.59 Å². The normalized spacial score (nSPS) is 10.2. The minimum Gasteiger partial charge on any atom is -0.497 e. The predicted molar refractivity (Wildman–Crippen MR) is 148 cm³/mol. The summed E-state index contributed by atoms with van der Waals surface area (Å²) in [6.45, 7) is 4.11. The molecule has 3 rings (SSSR count). The van der Waals surface area contributed by atoms with E-state index in [1.807, 2.05) is 71.9 Å². The number of amides is 3. The molecule has 3 aromatic rings. The molecule has 0 saturated carbocycles. The Labute approximate surface area is 218 Å². The quantitative estimate of drug-likeness (QED) is 0.224. The van der Waals surface area contributed by atoms with Gasteiger partial charge in [-0.2, -0.15) is 0 Å². The molecule has 3 amide bonds. The molecular formula is C26H27IN4O4. The molecule has 0 fully saturated rings. The van der Waals surface area contributed by atoms with Gasteiger partial charge in [0, 0.05) is 55.9 Å². The van der Waals surface area contributed by atoms with Crippen molar-refractivity contribution in [2.75, 3.05) is 36.7 Å². The second-order valence-corrected chi connectivity index (χ2v) is 8.93. The molecule has 0 saturated heterocycles. The maximum absolute atomic E-state index is 13.0. The highest BCUT2D eigenvalue weighted by molar-refractivity contribution is 14.1. The van der Waals surface area contributed by atoms with Gasteiger partial charge in [0.2, 0.25) is 0 Å². The van der Waals surface area contributed by atoms with Crippen LogP contribution in [0.2, 0.25) is 0 Å². The smallest absolute Gasteiger partial charge is 0.323 e. The number of ether oxygens (including phenoxy) is 2. The number of carbonyl (C=O) groups excluding carboxylic acids is 2. The van der Waals surface area contributed by atoms with E-state index in [0.717, 1.165) is 11.3 Å². The molecule has 3 N–H and O–H groups in total. The van der Waals surface area contributed by atoms with Crippen LogP contribution in [0.4, 0.5) is 21.9 Å². The van der Waals surface area contributed by atoms with Crippen LogP contribution in [0.5, 0.6) is 11.5 Å². The van der Waals surface area contributed by atoms with E-state index in [1.165, 1.54) is 7.11 Å². The molecule has 8 nitrogen and oxygen atoms in total. The Balaban J connectivity index is 1.74. The zero-order chi connectivity index (χ0) is 25.4. The summed E-state index contributed by atoms with van der Waals surface area (Å²) in [4.78, 5) is 27.5. The van der Waals surface area contributed by atoms with Crippen LogP contribution in [0.3, 0.4) is 0 Å². The fraction of sp³-hybridized carbons (Fsp3) is 0.154. The average Bonchev–Trinajstić information content (AvgIpc) is 2.82. The fourth-order valence-corrected chi connectivity index (χ4v) is 3.56. The highest BCUT2D eigenvalue weighted by atomic mass is 127. The predicted octanol–water partition coefficient (Wildman–Crippen LogP) is 5.62. The minimum atomic E-state index is -0.481. The van der Waals surface area contributed by atoms with Crippen molar-refractivity contribution >= 4 is 51.6 Å². The monoisotopic (exact) mass is 586 g/mol. The molecule has 0 heterocycles. The van der Waals surface area contributed by atoms with Gasteiger partial charge in [0.1, 0.15) is 11.5 Å². The average molecular weight is 586 g/mol. The van der Waals surface area contributed by atoms with Crippen molar-refractivity contribution < 1.29 is 19.1 Å². The third-order valence-electron chi connectivity index (χ3n) is 4.88. The van der Waals surface area contributed by atoms with Gasteiger partial charge in [-0.15, -0.1) is 0 Å². The van der Waals surface area contributed by atoms with Crippen molar-refractivity contribution in [3.8, 4) is 11.5 Å². The van der Waals surface area contributed by atoms with Crippen LogP contribution in [0.25, 0.3) is 0 Å². The van der Waals surface area contributed by atoms with Crippen molar-refractivity contribution in [3.63, 3.8) is 0 Å². The van der Waals surface area contributed by atoms with Crippen molar-refractivity contribution in [2.24, 2.45) is 0 Å². The highest BCUT2D eigenvalue weighted by Crippen LogP contribution is 2.28. The van der Waals surface area contributed by atoms with Crippen molar-refractivity contribution in [3.05, 3.63) is 88.2 Å². The van der Waals surface area contributed by atoms with Crippen LogP contribution in [0, 0.1) is 0 Å². The summed E-state index contributed by atoms with van der Waals surface area (Å²) < 4.78 is 11.3. The number of urea groups is 1. The maximum atomic E-state index is 13.0. The lowest BCUT2D eigenvalue weighted by molar-refractivity contribution is 0.0951. The van der Waals surface area contributed by atoms with Gasteiger partial charge in [-0.1, -0.05) is 30.3 Å². The van der Waals surface area contributed by atoms with E-state index >= 15 is 0 Å². The van der Waals surface area contributed by atoms with Gasteiger partial charge in [0.15, 0.2) is 3.77 Å². The molecule has 182 valence electrons. The number of nitrogens with one attached hydrogen (secondary N) is 3. The maximum Gasteiger partial charge on any atom is 0.323 e. The number of nitrogens with zero attached hydrogens (tertiary/aromatic N) is 1. The number of methoxy groups -OCH3 is 1. The number of benzene rings is 3. The van der Waals surface area contributed by atoms with Crippen LogP contribution < -0.4 is 30.3 Å². The van der Waals surface area contributed by atoms with Gasteiger partial charge >= 0.3 is 6.03 Å². The molecule has 0 atom stereocenters. The number of carbonyl (C=O) groups is 2. The first-order chi connectivity index (χ1) is 16.7. The zero-order valence-corrected chi connectivity index (χ0v) is 21.9. The van der Waals surface area contributed by atoms with Gasteiger partial charge in [0.05, 0.1) is 12.7 Å². The Morgan fingerprint density at radius 1 is 0.943 bits per heavy atom. The van der Waals surface area contributed by atoms with Crippen molar-refractivity contribution in [2.45, 2.75) is 6.54 Å². The molecule has 0 bridgehead atoms. The lowest BCUT2D eigenvalue weighted by Crippen LogP contribution is -2.26. The largest absolute Gasteiger partial charge is 0.497 e. The SMILES string of the molecule is C=C(I)Oc1cc(NC(=O)Nc2ccc(N(C)C)c(C(=O)NCc3ccccc3)c2)cc(OC)c1. The summed E-state index contributed by atoms with van der Waals surface area (Å²) in [6, 6.07) is 19.4. The molecule has 9 heteroatoms. The fourth-order valence-electron chi connectivity index (χ4n) is 3.30. The van der Waals surface area contributed by atoms with Crippen molar-refractivity contribution in [1.82, 2.24) is 5.32 Å². The number of halogens is 1. The zero-order valence-electron chi connectivity index (χ0n) is 19.7. The second kappa shape index (κ2) is 12.1. The van der Waals surface area contributed by atoms with Crippen molar-refractivity contribution in [1.29, 1.82) is 0 Å². The van der Waals surface area contributed by atoms with Crippen LogP contribution in [0.1, 0.15) is 15.9 Å². The molecule has 0 aliphatic rings. The third kappa shape index (κ3) is 7.64. The Morgan fingerprint density at radius 3 is 2.29 bits per heavy atom. The highest BCUT2D eigenvalue weighted by Gasteiger charge is 2.15. The summed E-state index contributed by atoms with van der Waals surface area (Å²) in [5.74, 6) is 0.755. The Hall–Kier alpha value is -3.73. The summed E-state index contributed by atoms with van der Waals surface area (Å²) in [5.41, 5.74) is 3.11. The van der Waals surface area contributed by atoms with E-state index in [2.05, 4.69) is 22.5 Å². The summed E-state index contributed by atoms with van der Waals surface area (Å²) in [5, 5.41) is 8.47. The first kappa shape index (κ1) is 25.9. The molecule has 3 aromatic carbocycles. The van der Waals surface area contributed by atoms with Crippen LogP contribution in [0.15, 0.2) is 77.1 Å². The number of rotatable bonds is 9. The van der Waals surface area contributed by atoms with Gasteiger partial charge < -0.3 is 30.3 Å². The molecule has 0 radical (unpaired) electrons. The molecule has 0 aliphatic heterocycles. The molecule has 0 aliphatic carbocycles. The first-order valence-corrected chi connectivity index (χ1v) is 11.8. The summed E-state index contributed by atoms with van der Waals surface area (Å²) >= 11 is 1.95. The van der Waals surface area contributed by atoms with Crippen LogP contribution >= 0.6 is 22.6 Å². The topological polar surface area (TPSA) is 91.9 Å². The Bertz CT molecular complexity index is 1220. The van der Waals surface area contributed by atoms with E-state index in [1.54, 1.807) is 36.4 Å². The van der Waals surface area contributed by atoms with Gasteiger partial charge in [-0.25, -0.2) is 4.79 Å². The second-order valence-electron chi connectivity index (χ2n) is 7.73. The lowest BCUT2D eigenvalue weighted by atomic mass is 10.1. The van der Waals surface area contributed by atoms with Gasteiger partial charge in [-0.3, -0.25) is 4.79 Å². The number of hydrogen-bond acceptors (Lipinski definition) is 5. The van der Waals surface area contributed by atoms with E-state index in [-0.39, 0.29) is 5.91 Å². The lowest BCUT2D eigenvalue weighted by Gasteiger charge is -2.19. The van der Waals surface area contributed by atoms with E-state index < -0.39 is 6.03 Å². The molecule has 35 heavy (non-hydrogen) atoms. The summed E-state index contributed by atoms with van der Waals surface area (Å²) in [7, 11) is 5.24. The standard InChI is InChI=1S/C26H27IN4O4/c1-17(27)35-22-13-20(12-21(15-22)34-4)30-26(33)29-19-10-11-24(31(2)3)23(14-19)25(32)28-16-18-8-6-5-7-9-18/h5-15H,1,16H2,2-4H3,(H,28,32)(H2,29,30,33).